The van der Waals surface area contributed by atoms with Crippen molar-refractivity contribution in [2.45, 2.75) is 30.3 Å². The summed E-state index contributed by atoms with van der Waals surface area (Å²) in [7, 11) is 5.21. The minimum absolute atomic E-state index is 0.0356. The molecule has 0 saturated heterocycles. The van der Waals surface area contributed by atoms with Gasteiger partial charge in [0.1, 0.15) is 30.5 Å². The first kappa shape index (κ1) is 32.3. The van der Waals surface area contributed by atoms with E-state index in [1.807, 2.05) is 0 Å². The topological polar surface area (TPSA) is 89.6 Å². The van der Waals surface area contributed by atoms with E-state index in [0.29, 0.717) is 49.5 Å². The van der Waals surface area contributed by atoms with Crippen LogP contribution in [0, 0.1) is 17.2 Å². The first-order chi connectivity index (χ1) is 17.8. The fourth-order valence-corrected chi connectivity index (χ4v) is 4.92. The van der Waals surface area contributed by atoms with E-state index < -0.39 is 11.8 Å². The van der Waals surface area contributed by atoms with E-state index >= 15 is 0 Å². The lowest BCUT2D eigenvalue weighted by molar-refractivity contribution is -0.110. The summed E-state index contributed by atoms with van der Waals surface area (Å²) in [5, 5.41) is 6.94. The van der Waals surface area contributed by atoms with Crippen LogP contribution < -0.4 is 20.1 Å². The molecule has 0 amide bonds. The number of alkyl halides is 2. The Morgan fingerprint density at radius 1 is 0.892 bits per heavy atom. The number of aldehydes is 2. The zero-order chi connectivity index (χ0) is 28.1. The van der Waals surface area contributed by atoms with Crippen LogP contribution in [0.15, 0.2) is 36.5 Å². The maximum atomic E-state index is 12.7. The number of nitrogens with one attached hydrogen (secondary N) is 2. The number of carbonyl (C=O) groups excluding carboxylic acids is 2. The van der Waals surface area contributed by atoms with Crippen LogP contribution in [0.1, 0.15) is 19.3 Å². The molecule has 2 aromatic rings. The molecule has 3 aliphatic rings. The van der Waals surface area contributed by atoms with Gasteiger partial charge in [0, 0.05) is 34.8 Å². The van der Waals surface area contributed by atoms with Gasteiger partial charge in [0.2, 0.25) is 5.95 Å². The number of benzene rings is 1. The molecule has 2 unspecified atom stereocenters. The number of hydrogen-bond acceptors (Lipinski definition) is 7. The molecular weight excluding hydrogens is 518 g/mol. The molecule has 1 heterocycles. The molecule has 0 aliphatic heterocycles. The predicted molar refractivity (Wildman–Crippen MR) is 133 cm³/mol. The molecule has 0 radical (unpaired) electrons. The summed E-state index contributed by atoms with van der Waals surface area (Å²) in [5.41, 5.74) is 1.91. The van der Waals surface area contributed by atoms with Crippen molar-refractivity contribution >= 4 is 24.2 Å². The zero-order valence-corrected chi connectivity index (χ0v) is 21.9. The molecule has 1 spiro atoms. The van der Waals surface area contributed by atoms with E-state index in [1.165, 1.54) is 43.7 Å². The second-order valence-corrected chi connectivity index (χ2v) is 8.53. The summed E-state index contributed by atoms with van der Waals surface area (Å²) in [6.07, 6.45) is 6.68. The van der Waals surface area contributed by atoms with Gasteiger partial charge < -0.3 is 20.1 Å². The van der Waals surface area contributed by atoms with Gasteiger partial charge >= 0.3 is 0 Å². The minimum Gasteiger partial charge on any atom is -0.486 e. The Morgan fingerprint density at radius 3 is 1.78 bits per heavy atom. The highest BCUT2D eigenvalue weighted by atomic mass is 35.5. The molecule has 3 fully saturated rings. The first-order valence-electron chi connectivity index (χ1n) is 11.1. The smallest absolute Gasteiger partial charge is 0.216 e. The summed E-state index contributed by atoms with van der Waals surface area (Å²) in [6.45, 7) is -0.148. The average Bonchev–Trinajstić information content (AvgIpc) is 3.70. The van der Waals surface area contributed by atoms with Crippen LogP contribution in [0.25, 0.3) is 0 Å². The summed E-state index contributed by atoms with van der Waals surface area (Å²) >= 11 is 5.41. The van der Waals surface area contributed by atoms with Crippen molar-refractivity contribution in [3.8, 4) is 11.5 Å². The molecular formula is C25H32ClF4N3O4. The van der Waals surface area contributed by atoms with E-state index in [0.717, 1.165) is 17.5 Å². The lowest BCUT2D eigenvalue weighted by Crippen LogP contribution is -2.51. The third-order valence-electron chi connectivity index (χ3n) is 6.58. The molecule has 1 aromatic heterocycles. The third-order valence-corrected chi connectivity index (χ3v) is 6.88. The van der Waals surface area contributed by atoms with Crippen LogP contribution in [0.4, 0.5) is 17.6 Å². The molecule has 5 rings (SSSR count). The Kier molecular flexibility index (Phi) is 12.9. The van der Waals surface area contributed by atoms with Gasteiger partial charge in [-0.15, -0.1) is 0 Å². The Hall–Kier alpha value is -2.76. The molecule has 2 atom stereocenters. The number of pyridine rings is 1. The van der Waals surface area contributed by atoms with Crippen LogP contribution in [0.5, 0.6) is 11.5 Å². The SMILES string of the molecule is CF.CF.CNC12CC3(NC)CC13C2.O=CCOc1ccc(Cl)c(F)c1.O=CCOc1ccnc(F)c1. The normalized spacial score (nSPS) is 24.5. The van der Waals surface area contributed by atoms with Gasteiger partial charge in [-0.1, -0.05) is 11.6 Å². The molecule has 3 aliphatic carbocycles. The van der Waals surface area contributed by atoms with Gasteiger partial charge in [-0.3, -0.25) is 18.4 Å². The molecule has 3 saturated carbocycles. The van der Waals surface area contributed by atoms with Crippen molar-refractivity contribution < 1.29 is 36.6 Å². The number of hydrogen-bond donors (Lipinski definition) is 2. The first-order valence-corrected chi connectivity index (χ1v) is 11.5. The van der Waals surface area contributed by atoms with Crippen molar-refractivity contribution in [3.63, 3.8) is 0 Å². The number of nitrogens with zero attached hydrogens (tertiary/aromatic N) is 1. The number of aromatic nitrogens is 1. The quantitative estimate of drug-likeness (QED) is 0.291. The van der Waals surface area contributed by atoms with E-state index in [9.17, 15) is 27.2 Å². The highest BCUT2D eigenvalue weighted by molar-refractivity contribution is 6.30. The maximum absolute atomic E-state index is 12.7. The van der Waals surface area contributed by atoms with Gasteiger partial charge in [-0.25, -0.2) is 9.37 Å². The van der Waals surface area contributed by atoms with Crippen LogP contribution in [-0.2, 0) is 9.59 Å². The standard InChI is InChI=1S/C8H6ClFO2.C8H14N2.C7H6FNO2.2CH3F/c9-7-2-1-6(5-8(7)10)12-4-3-11;1-9-7-3-6(7)4-8(6,5-7)10-2;8-7-5-6(1-2-9-7)11-4-3-10;2*1-2/h1-3,5H,4H2;9-10H,3-5H2,1-2H3;1-3,5H,4H2;2*1H3. The Labute approximate surface area is 218 Å². The Morgan fingerprint density at radius 2 is 1.41 bits per heavy atom. The van der Waals surface area contributed by atoms with Crippen molar-refractivity contribution in [1.82, 2.24) is 15.6 Å². The van der Waals surface area contributed by atoms with Gasteiger partial charge in [-0.2, -0.15) is 4.39 Å². The fraction of sp³-hybridized carbons (Fsp3) is 0.480. The number of rotatable bonds is 8. The third kappa shape index (κ3) is 7.39. The van der Waals surface area contributed by atoms with E-state index in [1.54, 1.807) is 0 Å². The van der Waals surface area contributed by atoms with E-state index in [2.05, 4.69) is 29.7 Å². The Bertz CT molecular complexity index is 998. The van der Waals surface area contributed by atoms with E-state index in [-0.39, 0.29) is 18.2 Å². The number of halogens is 5. The van der Waals surface area contributed by atoms with Gasteiger partial charge in [-0.05, 0) is 51.6 Å². The van der Waals surface area contributed by atoms with Gasteiger partial charge in [0.05, 0.1) is 19.4 Å². The van der Waals surface area contributed by atoms with Crippen LogP contribution in [-0.4, -0.2) is 70.3 Å². The van der Waals surface area contributed by atoms with Crippen molar-refractivity contribution in [2.75, 3.05) is 41.7 Å². The lowest BCUT2D eigenvalue weighted by atomic mass is 9.87. The summed E-state index contributed by atoms with van der Waals surface area (Å²) in [4.78, 5) is 23.0. The second kappa shape index (κ2) is 14.8. The van der Waals surface area contributed by atoms with Crippen molar-refractivity contribution in [3.05, 3.63) is 53.3 Å². The largest absolute Gasteiger partial charge is 0.486 e. The molecule has 0 bridgehead atoms. The summed E-state index contributed by atoms with van der Waals surface area (Å²) in [5.74, 6) is -0.568. The van der Waals surface area contributed by atoms with E-state index in [4.69, 9.17) is 21.1 Å². The van der Waals surface area contributed by atoms with Crippen LogP contribution in [0.3, 0.4) is 0 Å². The second-order valence-electron chi connectivity index (χ2n) is 8.12. The minimum atomic E-state index is -0.617. The monoisotopic (exact) mass is 549 g/mol. The van der Waals surface area contributed by atoms with Crippen molar-refractivity contribution in [1.29, 1.82) is 0 Å². The molecule has 206 valence electrons. The molecule has 2 N–H and O–H groups in total. The van der Waals surface area contributed by atoms with Crippen LogP contribution >= 0.6 is 11.6 Å². The van der Waals surface area contributed by atoms with Crippen molar-refractivity contribution in [2.24, 2.45) is 5.41 Å². The highest BCUT2D eigenvalue weighted by Crippen LogP contribution is 2.90. The maximum Gasteiger partial charge on any atom is 0.216 e. The van der Waals surface area contributed by atoms with Gasteiger partial charge in [0.25, 0.3) is 0 Å². The fourth-order valence-electron chi connectivity index (χ4n) is 4.81. The molecule has 37 heavy (non-hydrogen) atoms. The molecule has 1 aromatic carbocycles. The summed E-state index contributed by atoms with van der Waals surface area (Å²) in [6, 6.07) is 6.59. The zero-order valence-electron chi connectivity index (χ0n) is 21.1. The summed E-state index contributed by atoms with van der Waals surface area (Å²) < 4.78 is 53.6. The highest BCUT2D eigenvalue weighted by Gasteiger charge is 2.96. The number of carbonyl (C=O) groups is 2. The van der Waals surface area contributed by atoms with Crippen LogP contribution in [0.2, 0.25) is 5.02 Å². The molecule has 12 heteroatoms. The lowest BCUT2D eigenvalue weighted by Gasteiger charge is -2.33. The Balaban J connectivity index is 0.000000260. The number of ether oxygens (including phenoxy) is 2. The predicted octanol–water partition coefficient (Wildman–Crippen LogP) is 4.13. The molecule has 7 nitrogen and oxygen atoms in total. The van der Waals surface area contributed by atoms with Gasteiger partial charge in [0.15, 0.2) is 12.6 Å². The average molecular weight is 550 g/mol.